The Labute approximate surface area is 95.3 Å². The van der Waals surface area contributed by atoms with Crippen LogP contribution in [0.15, 0.2) is 23.2 Å². The van der Waals surface area contributed by atoms with E-state index in [-0.39, 0.29) is 0 Å². The van der Waals surface area contributed by atoms with Crippen molar-refractivity contribution in [3.8, 4) is 0 Å². The van der Waals surface area contributed by atoms with Crippen LogP contribution in [0, 0.1) is 6.92 Å². The van der Waals surface area contributed by atoms with E-state index in [2.05, 4.69) is 10.3 Å². The molecule has 0 spiro atoms. The van der Waals surface area contributed by atoms with E-state index in [9.17, 15) is 0 Å². The molecule has 1 aromatic rings. The van der Waals surface area contributed by atoms with E-state index in [0.717, 1.165) is 17.1 Å². The van der Waals surface area contributed by atoms with Gasteiger partial charge < -0.3 is 11.1 Å². The molecule has 3 N–H and O–H groups in total. The molecule has 0 heterocycles. The van der Waals surface area contributed by atoms with Crippen LogP contribution in [0.2, 0.25) is 5.02 Å². The van der Waals surface area contributed by atoms with Gasteiger partial charge in [-0.3, -0.25) is 4.99 Å². The number of anilines is 1. The van der Waals surface area contributed by atoms with Crippen molar-refractivity contribution in [2.45, 2.75) is 13.8 Å². The van der Waals surface area contributed by atoms with Crippen molar-refractivity contribution in [1.29, 1.82) is 0 Å². The van der Waals surface area contributed by atoms with Gasteiger partial charge in [0, 0.05) is 6.54 Å². The van der Waals surface area contributed by atoms with Gasteiger partial charge in [-0.25, -0.2) is 0 Å². The molecule has 0 bridgehead atoms. The van der Waals surface area contributed by atoms with Crippen molar-refractivity contribution in [2.75, 3.05) is 18.4 Å². The predicted molar refractivity (Wildman–Crippen MR) is 66.8 cm³/mol. The zero-order chi connectivity index (χ0) is 11.3. The molecule has 0 fully saturated rings. The Morgan fingerprint density at radius 1 is 1.53 bits per heavy atom. The van der Waals surface area contributed by atoms with Crippen LogP contribution in [0.4, 0.5) is 5.69 Å². The summed E-state index contributed by atoms with van der Waals surface area (Å²) < 4.78 is 0. The number of hydrogen-bond acceptors (Lipinski definition) is 2. The number of aliphatic imine (C=N–C) groups is 1. The lowest BCUT2D eigenvalue weighted by Crippen LogP contribution is -2.12. The van der Waals surface area contributed by atoms with Gasteiger partial charge in [-0.05, 0) is 25.5 Å². The van der Waals surface area contributed by atoms with Crippen molar-refractivity contribution in [3.05, 3.63) is 28.8 Å². The number of halogens is 1. The van der Waals surface area contributed by atoms with Crippen LogP contribution in [-0.2, 0) is 0 Å². The average molecular weight is 226 g/mol. The van der Waals surface area contributed by atoms with Crippen molar-refractivity contribution >= 4 is 23.1 Å². The number of nitrogens with two attached hydrogens (primary N) is 1. The molecule has 0 saturated heterocycles. The molecule has 0 radical (unpaired) electrons. The summed E-state index contributed by atoms with van der Waals surface area (Å²) in [4.78, 5) is 4.24. The summed E-state index contributed by atoms with van der Waals surface area (Å²) in [6.07, 6.45) is 0. The second-order valence-corrected chi connectivity index (χ2v) is 3.72. The molecule has 0 aliphatic heterocycles. The highest BCUT2D eigenvalue weighted by atomic mass is 35.5. The molecule has 0 aliphatic carbocycles. The monoisotopic (exact) mass is 225 g/mol. The smallest absolute Gasteiger partial charge is 0.0976 e. The lowest BCUT2D eigenvalue weighted by molar-refractivity contribution is 0.973. The average Bonchev–Trinajstić information content (AvgIpc) is 2.21. The Balaban J connectivity index is 2.80. The molecular weight excluding hydrogens is 210 g/mol. The predicted octanol–water partition coefficient (Wildman–Crippen LogP) is 2.44. The Bertz CT molecular complexity index is 341. The summed E-state index contributed by atoms with van der Waals surface area (Å²) in [7, 11) is 0. The van der Waals surface area contributed by atoms with E-state index in [1.807, 2.05) is 32.0 Å². The fourth-order valence-electron chi connectivity index (χ4n) is 1.24. The van der Waals surface area contributed by atoms with E-state index < -0.39 is 0 Å². The van der Waals surface area contributed by atoms with Crippen LogP contribution in [0.5, 0.6) is 0 Å². The van der Waals surface area contributed by atoms with E-state index >= 15 is 0 Å². The fourth-order valence-corrected chi connectivity index (χ4v) is 1.51. The highest BCUT2D eigenvalue weighted by Crippen LogP contribution is 2.25. The van der Waals surface area contributed by atoms with Gasteiger partial charge in [0.1, 0.15) is 0 Å². The molecule has 0 amide bonds. The van der Waals surface area contributed by atoms with Gasteiger partial charge in [-0.2, -0.15) is 0 Å². The SMILES string of the molecule is CC(=NCCN)Nc1c(C)cccc1Cl. The van der Waals surface area contributed by atoms with Crippen molar-refractivity contribution in [3.63, 3.8) is 0 Å². The fraction of sp³-hybridized carbons (Fsp3) is 0.364. The highest BCUT2D eigenvalue weighted by molar-refractivity contribution is 6.34. The molecule has 0 aliphatic rings. The molecule has 1 rings (SSSR count). The van der Waals surface area contributed by atoms with Gasteiger partial charge in [0.05, 0.1) is 23.1 Å². The lowest BCUT2D eigenvalue weighted by Gasteiger charge is -2.10. The first-order chi connectivity index (χ1) is 7.15. The maximum absolute atomic E-state index is 6.07. The molecule has 15 heavy (non-hydrogen) atoms. The van der Waals surface area contributed by atoms with Gasteiger partial charge in [0.25, 0.3) is 0 Å². The molecule has 3 nitrogen and oxygen atoms in total. The largest absolute Gasteiger partial charge is 0.343 e. The number of nitrogens with one attached hydrogen (secondary N) is 1. The van der Waals surface area contributed by atoms with Crippen LogP contribution in [0.3, 0.4) is 0 Å². The van der Waals surface area contributed by atoms with Crippen molar-refractivity contribution in [2.24, 2.45) is 10.7 Å². The quantitative estimate of drug-likeness (QED) is 0.613. The summed E-state index contributed by atoms with van der Waals surface area (Å²) in [5.74, 6) is 0.830. The molecule has 82 valence electrons. The van der Waals surface area contributed by atoms with Crippen LogP contribution < -0.4 is 11.1 Å². The number of nitrogens with zero attached hydrogens (tertiary/aromatic N) is 1. The standard InChI is InChI=1S/C11H16ClN3/c1-8-4-3-5-10(12)11(8)15-9(2)14-7-6-13/h3-5H,6-7,13H2,1-2H3,(H,14,15). The Hall–Kier alpha value is -1.06. The first-order valence-corrected chi connectivity index (χ1v) is 5.26. The van der Waals surface area contributed by atoms with Crippen LogP contribution in [0.25, 0.3) is 0 Å². The zero-order valence-electron chi connectivity index (χ0n) is 9.05. The molecule has 0 saturated carbocycles. The minimum atomic E-state index is 0.556. The van der Waals surface area contributed by atoms with Gasteiger partial charge >= 0.3 is 0 Å². The number of rotatable bonds is 3. The summed E-state index contributed by atoms with van der Waals surface area (Å²) in [5, 5.41) is 3.88. The van der Waals surface area contributed by atoms with Crippen LogP contribution in [0.1, 0.15) is 12.5 Å². The molecule has 0 atom stereocenters. The van der Waals surface area contributed by atoms with Gasteiger partial charge in [0.15, 0.2) is 0 Å². The van der Waals surface area contributed by atoms with E-state index in [1.165, 1.54) is 0 Å². The number of hydrogen-bond donors (Lipinski definition) is 2. The summed E-state index contributed by atoms with van der Waals surface area (Å²) >= 11 is 6.07. The highest BCUT2D eigenvalue weighted by Gasteiger charge is 2.03. The van der Waals surface area contributed by atoms with Crippen LogP contribution in [-0.4, -0.2) is 18.9 Å². The molecule has 0 aromatic heterocycles. The van der Waals surface area contributed by atoms with Crippen molar-refractivity contribution < 1.29 is 0 Å². The molecular formula is C11H16ClN3. The number of benzene rings is 1. The first kappa shape index (κ1) is 12.0. The normalized spacial score (nSPS) is 11.6. The second-order valence-electron chi connectivity index (χ2n) is 3.31. The van der Waals surface area contributed by atoms with E-state index in [4.69, 9.17) is 17.3 Å². The van der Waals surface area contributed by atoms with Crippen LogP contribution >= 0.6 is 11.6 Å². The lowest BCUT2D eigenvalue weighted by atomic mass is 10.2. The molecule has 1 aromatic carbocycles. The summed E-state index contributed by atoms with van der Waals surface area (Å²) in [5.41, 5.74) is 7.39. The maximum atomic E-state index is 6.07. The third-order valence-corrected chi connectivity index (χ3v) is 2.32. The first-order valence-electron chi connectivity index (χ1n) is 4.88. The number of para-hydroxylation sites is 1. The van der Waals surface area contributed by atoms with E-state index in [1.54, 1.807) is 0 Å². The Morgan fingerprint density at radius 2 is 2.27 bits per heavy atom. The molecule has 0 unspecified atom stereocenters. The minimum Gasteiger partial charge on any atom is -0.343 e. The summed E-state index contributed by atoms with van der Waals surface area (Å²) in [6, 6.07) is 5.78. The van der Waals surface area contributed by atoms with E-state index in [0.29, 0.717) is 18.1 Å². The number of aryl methyl sites for hydroxylation is 1. The summed E-state index contributed by atoms with van der Waals surface area (Å²) in [6.45, 7) is 5.09. The minimum absolute atomic E-state index is 0.556. The third kappa shape index (κ3) is 3.53. The van der Waals surface area contributed by atoms with Gasteiger partial charge in [-0.15, -0.1) is 0 Å². The van der Waals surface area contributed by atoms with Crippen molar-refractivity contribution in [1.82, 2.24) is 0 Å². The Kier molecular flexibility index (Phi) is 4.59. The third-order valence-electron chi connectivity index (χ3n) is 2.01. The second kappa shape index (κ2) is 5.73. The topological polar surface area (TPSA) is 50.4 Å². The van der Waals surface area contributed by atoms with Gasteiger partial charge in [0.2, 0.25) is 0 Å². The Morgan fingerprint density at radius 3 is 2.87 bits per heavy atom. The van der Waals surface area contributed by atoms with Gasteiger partial charge in [-0.1, -0.05) is 23.7 Å². The molecule has 4 heteroatoms. The zero-order valence-corrected chi connectivity index (χ0v) is 9.80. The maximum Gasteiger partial charge on any atom is 0.0976 e. The number of amidine groups is 1.